The Labute approximate surface area is 158 Å². The maximum atomic E-state index is 12.2. The van der Waals surface area contributed by atoms with Crippen LogP contribution in [-0.2, 0) is 16.1 Å². The molecule has 5 heteroatoms. The molecule has 0 bridgehead atoms. The quantitative estimate of drug-likeness (QED) is 0.798. The second-order valence-corrected chi connectivity index (χ2v) is 6.88. The Balaban J connectivity index is 1.64. The highest BCUT2D eigenvalue weighted by Gasteiger charge is 2.47. The first kappa shape index (κ1) is 18.7. The van der Waals surface area contributed by atoms with Crippen LogP contribution in [0, 0.1) is 0 Å². The van der Waals surface area contributed by atoms with Gasteiger partial charge in [0.25, 0.3) is 0 Å². The predicted octanol–water partition coefficient (Wildman–Crippen LogP) is 4.35. The molecule has 0 radical (unpaired) electrons. The Bertz CT molecular complexity index is 816. The highest BCUT2D eigenvalue weighted by Crippen LogP contribution is 2.41. The number of rotatable bonds is 6. The van der Waals surface area contributed by atoms with E-state index in [2.05, 4.69) is 11.9 Å². The first-order valence-corrected chi connectivity index (χ1v) is 8.97. The molecular formula is C22H23NO4. The largest absolute Gasteiger partial charge is 0.480 e. The molecule has 1 aliphatic carbocycles. The molecule has 2 aromatic carbocycles. The number of ether oxygens (including phenoxy) is 1. The van der Waals surface area contributed by atoms with E-state index in [4.69, 9.17) is 4.74 Å². The molecule has 27 heavy (non-hydrogen) atoms. The molecule has 1 fully saturated rings. The summed E-state index contributed by atoms with van der Waals surface area (Å²) in [6, 6.07) is 17.2. The Morgan fingerprint density at radius 3 is 2.52 bits per heavy atom. The van der Waals surface area contributed by atoms with Crippen LogP contribution in [0.4, 0.5) is 4.79 Å². The zero-order valence-corrected chi connectivity index (χ0v) is 15.1. The van der Waals surface area contributed by atoms with Crippen LogP contribution in [0.5, 0.6) is 0 Å². The van der Waals surface area contributed by atoms with Gasteiger partial charge in [-0.25, -0.2) is 9.59 Å². The van der Waals surface area contributed by atoms with E-state index in [0.717, 1.165) is 16.7 Å². The van der Waals surface area contributed by atoms with Gasteiger partial charge in [0, 0.05) is 0 Å². The number of aliphatic carboxylic acids is 1. The van der Waals surface area contributed by atoms with Crippen molar-refractivity contribution >= 4 is 18.1 Å². The van der Waals surface area contributed by atoms with Gasteiger partial charge in [-0.3, -0.25) is 0 Å². The average Bonchev–Trinajstić information content (AvgIpc) is 3.13. The Morgan fingerprint density at radius 1 is 1.19 bits per heavy atom. The number of carboxylic acid groups (broad SMARTS) is 1. The fourth-order valence-electron chi connectivity index (χ4n) is 3.55. The molecule has 1 saturated carbocycles. The first-order valence-electron chi connectivity index (χ1n) is 8.97. The lowest BCUT2D eigenvalue weighted by Gasteiger charge is -2.25. The summed E-state index contributed by atoms with van der Waals surface area (Å²) in [5.74, 6) is -0.946. The lowest BCUT2D eigenvalue weighted by Crippen LogP contribution is -2.52. The average molecular weight is 365 g/mol. The summed E-state index contributed by atoms with van der Waals surface area (Å²) >= 11 is 0. The first-order chi connectivity index (χ1) is 13.0. The number of hydrogen-bond donors (Lipinski definition) is 2. The zero-order valence-electron chi connectivity index (χ0n) is 15.1. The number of carbonyl (C=O) groups excluding carboxylic acids is 1. The molecule has 2 N–H and O–H groups in total. The van der Waals surface area contributed by atoms with Crippen molar-refractivity contribution in [1.82, 2.24) is 5.32 Å². The van der Waals surface area contributed by atoms with Crippen LogP contribution in [0.25, 0.3) is 6.08 Å². The van der Waals surface area contributed by atoms with Crippen molar-refractivity contribution < 1.29 is 19.4 Å². The van der Waals surface area contributed by atoms with Crippen LogP contribution in [-0.4, -0.2) is 22.7 Å². The van der Waals surface area contributed by atoms with E-state index in [1.54, 1.807) is 6.08 Å². The van der Waals surface area contributed by atoms with Gasteiger partial charge in [0.1, 0.15) is 12.1 Å². The normalized spacial score (nSPS) is 21.4. The summed E-state index contributed by atoms with van der Waals surface area (Å²) in [7, 11) is 0. The molecule has 0 spiro atoms. The van der Waals surface area contributed by atoms with E-state index in [9.17, 15) is 14.7 Å². The van der Waals surface area contributed by atoms with Crippen LogP contribution in [0.15, 0.2) is 61.2 Å². The fourth-order valence-corrected chi connectivity index (χ4v) is 3.55. The maximum absolute atomic E-state index is 12.2. The van der Waals surface area contributed by atoms with Crippen LogP contribution >= 0.6 is 0 Å². The number of alkyl carbamates (subject to hydrolysis) is 1. The van der Waals surface area contributed by atoms with Gasteiger partial charge in [-0.05, 0) is 41.9 Å². The molecular weight excluding hydrogens is 342 g/mol. The summed E-state index contributed by atoms with van der Waals surface area (Å²) in [6.07, 6.45) is 2.47. The van der Waals surface area contributed by atoms with E-state index < -0.39 is 17.6 Å². The zero-order chi connectivity index (χ0) is 19.3. The molecule has 2 aromatic rings. The van der Waals surface area contributed by atoms with Gasteiger partial charge in [0.15, 0.2) is 0 Å². The summed E-state index contributed by atoms with van der Waals surface area (Å²) in [4.78, 5) is 24.1. The Kier molecular flexibility index (Phi) is 5.60. The Hall–Kier alpha value is -3.08. The van der Waals surface area contributed by atoms with Crippen molar-refractivity contribution in [3.05, 3.63) is 77.9 Å². The van der Waals surface area contributed by atoms with Crippen LogP contribution in [0.3, 0.4) is 0 Å². The molecule has 1 aliphatic rings. The summed E-state index contributed by atoms with van der Waals surface area (Å²) < 4.78 is 5.21. The minimum absolute atomic E-state index is 0.0781. The smallest absolute Gasteiger partial charge is 0.408 e. The van der Waals surface area contributed by atoms with E-state index in [0.29, 0.717) is 19.3 Å². The van der Waals surface area contributed by atoms with Crippen molar-refractivity contribution in [3.8, 4) is 0 Å². The van der Waals surface area contributed by atoms with Crippen molar-refractivity contribution in [2.24, 2.45) is 0 Å². The number of carboxylic acids is 1. The SMILES string of the molecule is C=Cc1ccc(C2CCC(NC(=O)OCc3ccccc3)(C(=O)O)C2)cc1. The van der Waals surface area contributed by atoms with Gasteiger partial charge < -0.3 is 15.2 Å². The maximum Gasteiger partial charge on any atom is 0.408 e. The van der Waals surface area contributed by atoms with Gasteiger partial charge in [0.2, 0.25) is 0 Å². The third-order valence-electron chi connectivity index (χ3n) is 5.12. The van der Waals surface area contributed by atoms with E-state index in [1.165, 1.54) is 0 Å². The second-order valence-electron chi connectivity index (χ2n) is 6.88. The molecule has 0 aromatic heterocycles. The van der Waals surface area contributed by atoms with E-state index in [-0.39, 0.29) is 12.5 Å². The van der Waals surface area contributed by atoms with Crippen molar-refractivity contribution in [1.29, 1.82) is 0 Å². The van der Waals surface area contributed by atoms with Gasteiger partial charge in [-0.1, -0.05) is 67.3 Å². The summed E-state index contributed by atoms with van der Waals surface area (Å²) in [5, 5.41) is 12.4. The molecule has 2 atom stereocenters. The molecule has 1 amide bonds. The second kappa shape index (κ2) is 8.08. The topological polar surface area (TPSA) is 75.6 Å². The standard InChI is InChI=1S/C22H23NO4/c1-2-16-8-10-18(11-9-16)19-12-13-22(14-19,20(24)25)23-21(26)27-15-17-6-4-3-5-7-17/h2-11,19H,1,12-15H2,(H,23,26)(H,24,25). The van der Waals surface area contributed by atoms with Crippen LogP contribution < -0.4 is 5.32 Å². The molecule has 0 saturated heterocycles. The number of hydrogen-bond acceptors (Lipinski definition) is 3. The van der Waals surface area contributed by atoms with Crippen LogP contribution in [0.1, 0.15) is 41.9 Å². The number of benzene rings is 2. The van der Waals surface area contributed by atoms with Gasteiger partial charge in [0.05, 0.1) is 0 Å². The lowest BCUT2D eigenvalue weighted by atomic mass is 9.92. The third-order valence-corrected chi connectivity index (χ3v) is 5.12. The van der Waals surface area contributed by atoms with E-state index >= 15 is 0 Å². The molecule has 3 rings (SSSR count). The summed E-state index contributed by atoms with van der Waals surface area (Å²) in [5.41, 5.74) is 1.64. The highest BCUT2D eigenvalue weighted by molar-refractivity contribution is 5.85. The van der Waals surface area contributed by atoms with E-state index in [1.807, 2.05) is 54.6 Å². The minimum Gasteiger partial charge on any atom is -0.480 e. The van der Waals surface area contributed by atoms with Crippen molar-refractivity contribution in [3.63, 3.8) is 0 Å². The molecule has 2 unspecified atom stereocenters. The van der Waals surface area contributed by atoms with Gasteiger partial charge in [-0.2, -0.15) is 0 Å². The van der Waals surface area contributed by atoms with Gasteiger partial charge >= 0.3 is 12.1 Å². The predicted molar refractivity (Wildman–Crippen MR) is 103 cm³/mol. The van der Waals surface area contributed by atoms with Gasteiger partial charge in [-0.15, -0.1) is 0 Å². The minimum atomic E-state index is -1.30. The molecule has 0 aliphatic heterocycles. The number of amides is 1. The third kappa shape index (κ3) is 4.37. The highest BCUT2D eigenvalue weighted by atomic mass is 16.5. The van der Waals surface area contributed by atoms with Crippen LogP contribution in [0.2, 0.25) is 0 Å². The molecule has 0 heterocycles. The lowest BCUT2D eigenvalue weighted by molar-refractivity contribution is -0.144. The molecule has 140 valence electrons. The fraction of sp³-hybridized carbons (Fsp3) is 0.273. The Morgan fingerprint density at radius 2 is 1.89 bits per heavy atom. The van der Waals surface area contributed by atoms with Crippen molar-refractivity contribution in [2.45, 2.75) is 37.3 Å². The summed E-state index contributed by atoms with van der Waals surface area (Å²) in [6.45, 7) is 3.84. The number of nitrogens with one attached hydrogen (secondary N) is 1. The molecule has 5 nitrogen and oxygen atoms in total. The number of carbonyl (C=O) groups is 2. The van der Waals surface area contributed by atoms with Crippen molar-refractivity contribution in [2.75, 3.05) is 0 Å². The monoisotopic (exact) mass is 365 g/mol.